The molecule has 0 fully saturated rings. The van der Waals surface area contributed by atoms with Gasteiger partial charge in [0.2, 0.25) is 0 Å². The molecule has 0 saturated carbocycles. The Balaban J connectivity index is 0.934. The quantitative estimate of drug-likeness (QED) is 0.164. The molecular formula is C48H38N4O4. The number of aryl methyl sites for hydroxylation is 4. The lowest BCUT2D eigenvalue weighted by Crippen LogP contribution is -2.31. The van der Waals surface area contributed by atoms with E-state index in [9.17, 15) is 19.2 Å². The van der Waals surface area contributed by atoms with Gasteiger partial charge >= 0.3 is 0 Å². The van der Waals surface area contributed by atoms with E-state index >= 15 is 0 Å². The third-order valence-electron chi connectivity index (χ3n) is 11.8. The molecule has 0 N–H and O–H groups in total. The summed E-state index contributed by atoms with van der Waals surface area (Å²) in [5.41, 5.74) is 12.2. The minimum atomic E-state index is -0.332. The summed E-state index contributed by atoms with van der Waals surface area (Å²) < 4.78 is 0. The maximum atomic E-state index is 14.2. The molecule has 4 heterocycles. The first kappa shape index (κ1) is 33.7. The summed E-state index contributed by atoms with van der Waals surface area (Å²) >= 11 is 0. The highest BCUT2D eigenvalue weighted by Gasteiger charge is 2.42. The molecule has 6 aromatic carbocycles. The number of fused-ring (bicyclic) bond motifs is 4. The largest absolute Gasteiger partial charge is 0.341 e. The number of hydrogen-bond donors (Lipinski definition) is 0. The average molecular weight is 735 g/mol. The van der Waals surface area contributed by atoms with Gasteiger partial charge in [-0.2, -0.15) is 0 Å². The molecule has 0 aliphatic carbocycles. The highest BCUT2D eigenvalue weighted by molar-refractivity contribution is 6.37. The first-order chi connectivity index (χ1) is 27.3. The number of amides is 4. The van der Waals surface area contributed by atoms with E-state index in [4.69, 9.17) is 0 Å². The minimum absolute atomic E-state index is 0.326. The Morgan fingerprint density at radius 2 is 0.821 bits per heavy atom. The maximum absolute atomic E-state index is 14.2. The van der Waals surface area contributed by atoms with Crippen molar-refractivity contribution in [3.63, 3.8) is 0 Å². The van der Waals surface area contributed by atoms with E-state index in [1.807, 2.05) is 98.8 Å². The molecule has 56 heavy (non-hydrogen) atoms. The monoisotopic (exact) mass is 734 g/mol. The lowest BCUT2D eigenvalue weighted by Gasteiger charge is -2.32. The fourth-order valence-corrected chi connectivity index (χ4v) is 9.16. The van der Waals surface area contributed by atoms with Crippen LogP contribution in [0.25, 0.3) is 11.1 Å². The third kappa shape index (κ3) is 5.05. The van der Waals surface area contributed by atoms with Gasteiger partial charge in [0, 0.05) is 24.5 Å². The minimum Gasteiger partial charge on any atom is -0.341 e. The average Bonchev–Trinajstić information content (AvgIpc) is 3.64. The van der Waals surface area contributed by atoms with E-state index in [0.29, 0.717) is 33.6 Å². The molecule has 8 nitrogen and oxygen atoms in total. The summed E-state index contributed by atoms with van der Waals surface area (Å²) in [6, 6.07) is 39.0. The number of carbonyl (C=O) groups is 4. The summed E-state index contributed by atoms with van der Waals surface area (Å²) in [7, 11) is 0. The van der Waals surface area contributed by atoms with Crippen LogP contribution < -0.4 is 19.6 Å². The molecule has 6 aromatic rings. The first-order valence-corrected chi connectivity index (χ1v) is 19.3. The van der Waals surface area contributed by atoms with Crippen LogP contribution in [0.1, 0.15) is 76.5 Å². The Labute approximate surface area is 325 Å². The normalized spacial score (nSPS) is 16.0. The van der Waals surface area contributed by atoms with Gasteiger partial charge in [0.15, 0.2) is 0 Å². The predicted octanol–water partition coefficient (Wildman–Crippen LogP) is 9.74. The van der Waals surface area contributed by atoms with Gasteiger partial charge in [-0.3, -0.25) is 19.2 Å². The van der Waals surface area contributed by atoms with Crippen LogP contribution in [-0.4, -0.2) is 36.7 Å². The summed E-state index contributed by atoms with van der Waals surface area (Å²) in [6.45, 7) is 5.34. The van der Waals surface area contributed by atoms with Gasteiger partial charge in [-0.05, 0) is 134 Å². The smallest absolute Gasteiger partial charge is 0.268 e. The lowest BCUT2D eigenvalue weighted by atomic mass is 9.98. The zero-order valence-corrected chi connectivity index (χ0v) is 31.2. The van der Waals surface area contributed by atoms with Gasteiger partial charge in [-0.1, -0.05) is 60.7 Å². The molecule has 0 aromatic heterocycles. The van der Waals surface area contributed by atoms with Gasteiger partial charge < -0.3 is 9.80 Å². The van der Waals surface area contributed by atoms with E-state index in [0.717, 1.165) is 83.8 Å². The van der Waals surface area contributed by atoms with Crippen molar-refractivity contribution in [2.75, 3.05) is 32.7 Å². The third-order valence-corrected chi connectivity index (χ3v) is 11.8. The molecule has 4 amide bonds. The van der Waals surface area contributed by atoms with E-state index in [1.165, 1.54) is 20.9 Å². The van der Waals surface area contributed by atoms with Crippen LogP contribution >= 0.6 is 0 Å². The van der Waals surface area contributed by atoms with Crippen LogP contribution in [0.4, 0.5) is 34.1 Å². The van der Waals surface area contributed by atoms with Crippen LogP contribution in [-0.2, 0) is 12.8 Å². The summed E-state index contributed by atoms with van der Waals surface area (Å²) in [4.78, 5) is 63.2. The van der Waals surface area contributed by atoms with Crippen molar-refractivity contribution in [1.82, 2.24) is 0 Å². The predicted molar refractivity (Wildman–Crippen MR) is 220 cm³/mol. The number of para-hydroxylation sites is 2. The van der Waals surface area contributed by atoms with Gasteiger partial charge in [0.1, 0.15) is 0 Å². The van der Waals surface area contributed by atoms with Crippen molar-refractivity contribution in [2.45, 2.75) is 39.5 Å². The Kier molecular flexibility index (Phi) is 7.78. The van der Waals surface area contributed by atoms with Crippen molar-refractivity contribution >= 4 is 57.8 Å². The van der Waals surface area contributed by atoms with Crippen molar-refractivity contribution in [2.24, 2.45) is 0 Å². The number of rotatable bonds is 5. The molecule has 0 spiro atoms. The van der Waals surface area contributed by atoms with E-state index in [2.05, 4.69) is 34.1 Å². The van der Waals surface area contributed by atoms with Crippen molar-refractivity contribution in [3.05, 3.63) is 166 Å². The van der Waals surface area contributed by atoms with Crippen LogP contribution in [0.3, 0.4) is 0 Å². The fourth-order valence-electron chi connectivity index (χ4n) is 9.16. The summed E-state index contributed by atoms with van der Waals surface area (Å²) in [6.07, 6.45) is 3.88. The molecule has 274 valence electrons. The van der Waals surface area contributed by atoms with Crippen LogP contribution in [0.15, 0.2) is 121 Å². The van der Waals surface area contributed by atoms with Crippen molar-refractivity contribution in [1.29, 1.82) is 0 Å². The number of hydrogen-bond acceptors (Lipinski definition) is 6. The highest BCUT2D eigenvalue weighted by Crippen LogP contribution is 2.43. The number of nitrogens with zero attached hydrogens (tertiary/aromatic N) is 4. The van der Waals surface area contributed by atoms with Crippen LogP contribution in [0.2, 0.25) is 0 Å². The van der Waals surface area contributed by atoms with Gasteiger partial charge in [-0.15, -0.1) is 0 Å². The molecule has 0 saturated heterocycles. The topological polar surface area (TPSA) is 81.2 Å². The fraction of sp³-hybridized carbons (Fsp3) is 0.167. The number of imide groups is 2. The Morgan fingerprint density at radius 3 is 1.25 bits per heavy atom. The second-order valence-electron chi connectivity index (χ2n) is 15.1. The van der Waals surface area contributed by atoms with Gasteiger partial charge in [0.05, 0.1) is 45.0 Å². The maximum Gasteiger partial charge on any atom is 0.268 e. The zero-order chi connectivity index (χ0) is 38.2. The number of anilines is 6. The molecule has 0 atom stereocenters. The standard InChI is InChI=1S/C48H38N4O4/c1-29-27-33(21-23-37(29)51-45(53)35-15-7-19-41(43(35)47(51)55)49-25-9-13-31-11-3-5-17-39(31)49)34-22-24-38(30(2)28-34)52-46(54)36-16-8-20-42(44(36)48(52)56)50-26-10-14-32-12-4-6-18-40(32)50/h3-8,11-12,15-24,27-28H,9-10,13-14,25-26H2,1-2H3. The Hall–Kier alpha value is -6.80. The SMILES string of the molecule is Cc1cc(-c2ccc(N3C(=O)c4cccc(N5CCCc6ccccc65)c4C3=O)c(C)c2)ccc1N1C(=O)c2cccc(N3CCCc4ccccc43)c2C1=O. The number of carbonyl (C=O) groups excluding carboxylic acids is 4. The molecule has 0 unspecified atom stereocenters. The molecule has 8 heteroatoms. The van der Waals surface area contributed by atoms with E-state index in [-0.39, 0.29) is 23.6 Å². The van der Waals surface area contributed by atoms with E-state index in [1.54, 1.807) is 12.1 Å². The van der Waals surface area contributed by atoms with Crippen molar-refractivity contribution in [3.8, 4) is 11.1 Å². The molecule has 0 radical (unpaired) electrons. The second kappa shape index (κ2) is 12.9. The Morgan fingerprint density at radius 1 is 0.411 bits per heavy atom. The molecule has 4 aliphatic rings. The van der Waals surface area contributed by atoms with Gasteiger partial charge in [-0.25, -0.2) is 9.80 Å². The second-order valence-corrected chi connectivity index (χ2v) is 15.1. The lowest BCUT2D eigenvalue weighted by molar-refractivity contribution is 0.0910. The van der Waals surface area contributed by atoms with Gasteiger partial charge in [0.25, 0.3) is 23.6 Å². The molecule has 10 rings (SSSR count). The molecular weight excluding hydrogens is 697 g/mol. The van der Waals surface area contributed by atoms with Crippen LogP contribution in [0, 0.1) is 13.8 Å². The highest BCUT2D eigenvalue weighted by atomic mass is 16.2. The molecule has 0 bridgehead atoms. The van der Waals surface area contributed by atoms with Crippen molar-refractivity contribution < 1.29 is 19.2 Å². The summed E-state index contributed by atoms with van der Waals surface area (Å²) in [5.74, 6) is -1.31. The first-order valence-electron chi connectivity index (χ1n) is 19.3. The van der Waals surface area contributed by atoms with Crippen LogP contribution in [0.5, 0.6) is 0 Å². The summed E-state index contributed by atoms with van der Waals surface area (Å²) in [5, 5.41) is 0. The zero-order valence-electron chi connectivity index (χ0n) is 31.2. The number of benzene rings is 6. The Bertz CT molecular complexity index is 2510. The molecule has 4 aliphatic heterocycles. The van der Waals surface area contributed by atoms with E-state index < -0.39 is 0 Å².